The molecule has 4 nitrogen and oxygen atoms in total. The summed E-state index contributed by atoms with van der Waals surface area (Å²) in [6.45, 7) is 0. The van der Waals surface area contributed by atoms with Gasteiger partial charge in [-0.3, -0.25) is 10.8 Å². The van der Waals surface area contributed by atoms with Crippen LogP contribution in [0.15, 0.2) is 47.8 Å². The van der Waals surface area contributed by atoms with E-state index in [0.717, 1.165) is 5.56 Å². The van der Waals surface area contributed by atoms with Gasteiger partial charge in [-0.1, -0.05) is 30.3 Å². The van der Waals surface area contributed by atoms with Crippen molar-refractivity contribution in [3.8, 4) is 0 Å². The Morgan fingerprint density at radius 3 is 2.12 bits per heavy atom. The Morgan fingerprint density at radius 1 is 0.875 bits per heavy atom. The number of hydrogen-bond donors (Lipinski definition) is 4. The lowest BCUT2D eigenvalue weighted by Crippen LogP contribution is -2.29. The number of allylic oxidation sites excluding steroid dienone is 4. The van der Waals surface area contributed by atoms with Crippen molar-refractivity contribution in [2.45, 2.75) is 0 Å². The predicted molar refractivity (Wildman–Crippen MR) is 65.3 cm³/mol. The SMILES string of the molecule is N=C1C(=N)C(N)=C(c2ccccc2)C=C1N. The van der Waals surface area contributed by atoms with E-state index >= 15 is 0 Å². The smallest absolute Gasteiger partial charge is 0.105 e. The van der Waals surface area contributed by atoms with Crippen molar-refractivity contribution in [3.05, 3.63) is 53.4 Å². The van der Waals surface area contributed by atoms with Crippen LogP contribution >= 0.6 is 0 Å². The highest BCUT2D eigenvalue weighted by Crippen LogP contribution is 2.23. The highest BCUT2D eigenvalue weighted by atomic mass is 14.7. The topological polar surface area (TPSA) is 99.7 Å². The van der Waals surface area contributed by atoms with Crippen molar-refractivity contribution in [2.24, 2.45) is 11.5 Å². The van der Waals surface area contributed by atoms with Crippen LogP contribution < -0.4 is 11.5 Å². The molecule has 4 heteroatoms. The summed E-state index contributed by atoms with van der Waals surface area (Å²) >= 11 is 0. The third-order valence-corrected chi connectivity index (χ3v) is 2.48. The van der Waals surface area contributed by atoms with E-state index in [-0.39, 0.29) is 17.1 Å². The molecule has 1 aromatic carbocycles. The van der Waals surface area contributed by atoms with Gasteiger partial charge in [-0.15, -0.1) is 0 Å². The van der Waals surface area contributed by atoms with E-state index in [0.29, 0.717) is 11.3 Å². The first kappa shape index (κ1) is 10.2. The van der Waals surface area contributed by atoms with E-state index in [1.54, 1.807) is 6.08 Å². The van der Waals surface area contributed by atoms with Crippen LogP contribution in [-0.4, -0.2) is 11.4 Å². The van der Waals surface area contributed by atoms with Crippen LogP contribution in [0.2, 0.25) is 0 Å². The van der Waals surface area contributed by atoms with Crippen molar-refractivity contribution >= 4 is 17.0 Å². The van der Waals surface area contributed by atoms with Crippen LogP contribution in [0.4, 0.5) is 0 Å². The van der Waals surface area contributed by atoms with Crippen molar-refractivity contribution in [1.29, 1.82) is 10.8 Å². The van der Waals surface area contributed by atoms with Crippen molar-refractivity contribution in [1.82, 2.24) is 0 Å². The van der Waals surface area contributed by atoms with Crippen molar-refractivity contribution in [2.75, 3.05) is 0 Å². The Balaban J connectivity index is 2.58. The third kappa shape index (κ3) is 1.50. The van der Waals surface area contributed by atoms with Crippen molar-refractivity contribution < 1.29 is 0 Å². The van der Waals surface area contributed by atoms with Gasteiger partial charge in [0.2, 0.25) is 0 Å². The maximum Gasteiger partial charge on any atom is 0.105 e. The normalized spacial score (nSPS) is 16.4. The Labute approximate surface area is 93.3 Å². The summed E-state index contributed by atoms with van der Waals surface area (Å²) in [7, 11) is 0. The van der Waals surface area contributed by atoms with Crippen LogP contribution in [0.1, 0.15) is 5.56 Å². The first-order valence-electron chi connectivity index (χ1n) is 4.82. The fourth-order valence-electron chi connectivity index (χ4n) is 1.58. The number of nitrogens with one attached hydrogen (secondary N) is 2. The summed E-state index contributed by atoms with van der Waals surface area (Å²) in [6.07, 6.45) is 1.64. The molecular weight excluding hydrogens is 200 g/mol. The molecule has 0 spiro atoms. The van der Waals surface area contributed by atoms with Crippen LogP contribution in [0, 0.1) is 10.8 Å². The van der Waals surface area contributed by atoms with E-state index in [2.05, 4.69) is 0 Å². The van der Waals surface area contributed by atoms with E-state index in [9.17, 15) is 0 Å². The second kappa shape index (κ2) is 3.66. The molecule has 0 saturated carbocycles. The Morgan fingerprint density at radius 2 is 1.50 bits per heavy atom. The lowest BCUT2D eigenvalue weighted by molar-refractivity contribution is 1.34. The lowest BCUT2D eigenvalue weighted by Gasteiger charge is -2.17. The van der Waals surface area contributed by atoms with E-state index in [4.69, 9.17) is 22.3 Å². The van der Waals surface area contributed by atoms with Crippen molar-refractivity contribution in [3.63, 3.8) is 0 Å². The van der Waals surface area contributed by atoms with Gasteiger partial charge in [-0.05, 0) is 11.6 Å². The average molecular weight is 212 g/mol. The average Bonchev–Trinajstić information content (AvgIpc) is 2.32. The summed E-state index contributed by atoms with van der Waals surface area (Å²) in [5.74, 6) is 0. The zero-order valence-electron chi connectivity index (χ0n) is 8.62. The van der Waals surface area contributed by atoms with Crippen LogP contribution in [0.5, 0.6) is 0 Å². The van der Waals surface area contributed by atoms with Gasteiger partial charge in [0.25, 0.3) is 0 Å². The minimum absolute atomic E-state index is 0.0150. The predicted octanol–water partition coefficient (Wildman–Crippen LogP) is 1.25. The second-order valence-corrected chi connectivity index (χ2v) is 3.54. The third-order valence-electron chi connectivity index (χ3n) is 2.48. The number of rotatable bonds is 1. The molecule has 0 bridgehead atoms. The highest BCUT2D eigenvalue weighted by molar-refractivity contribution is 6.53. The van der Waals surface area contributed by atoms with E-state index < -0.39 is 0 Å². The lowest BCUT2D eigenvalue weighted by atomic mass is 9.93. The molecule has 0 saturated heterocycles. The largest absolute Gasteiger partial charge is 0.397 e. The van der Waals surface area contributed by atoms with Gasteiger partial charge in [0.1, 0.15) is 11.4 Å². The molecule has 0 aromatic heterocycles. The summed E-state index contributed by atoms with van der Waals surface area (Å²) in [5, 5.41) is 15.2. The molecule has 0 fully saturated rings. The standard InChI is InChI=1S/C12H12N4/c13-9-6-8(7-4-2-1-3-5-7)10(14)12(16)11(9)15/h1-6,15-16H,13-14H2. The highest BCUT2D eigenvalue weighted by Gasteiger charge is 2.20. The molecule has 1 aliphatic carbocycles. The van der Waals surface area contributed by atoms with E-state index in [1.807, 2.05) is 30.3 Å². The van der Waals surface area contributed by atoms with Crippen LogP contribution in [-0.2, 0) is 0 Å². The van der Waals surface area contributed by atoms with Gasteiger partial charge < -0.3 is 11.5 Å². The molecule has 80 valence electrons. The molecule has 6 N–H and O–H groups in total. The van der Waals surface area contributed by atoms with Gasteiger partial charge in [0.15, 0.2) is 0 Å². The summed E-state index contributed by atoms with van der Waals surface area (Å²) < 4.78 is 0. The van der Waals surface area contributed by atoms with E-state index in [1.165, 1.54) is 0 Å². The molecule has 0 amide bonds. The van der Waals surface area contributed by atoms with Gasteiger partial charge >= 0.3 is 0 Å². The van der Waals surface area contributed by atoms with Gasteiger partial charge in [0.05, 0.1) is 11.4 Å². The summed E-state index contributed by atoms with van der Waals surface area (Å²) in [5.41, 5.74) is 13.6. The molecule has 0 atom stereocenters. The Bertz CT molecular complexity index is 519. The van der Waals surface area contributed by atoms with Crippen LogP contribution in [0.25, 0.3) is 5.57 Å². The fourth-order valence-corrected chi connectivity index (χ4v) is 1.58. The Hall–Kier alpha value is -2.36. The molecule has 2 rings (SSSR count). The summed E-state index contributed by atoms with van der Waals surface area (Å²) in [6, 6.07) is 9.48. The Kier molecular flexibility index (Phi) is 2.32. The molecule has 0 unspecified atom stereocenters. The van der Waals surface area contributed by atoms with Gasteiger partial charge in [-0.2, -0.15) is 0 Å². The monoisotopic (exact) mass is 212 g/mol. The van der Waals surface area contributed by atoms with Gasteiger partial charge in [0, 0.05) is 5.57 Å². The summed E-state index contributed by atoms with van der Waals surface area (Å²) in [4.78, 5) is 0. The van der Waals surface area contributed by atoms with Gasteiger partial charge in [-0.25, -0.2) is 0 Å². The maximum absolute atomic E-state index is 7.68. The molecule has 0 aliphatic heterocycles. The molecule has 16 heavy (non-hydrogen) atoms. The quantitative estimate of drug-likeness (QED) is 0.527. The number of nitrogens with two attached hydrogens (primary N) is 2. The second-order valence-electron chi connectivity index (χ2n) is 3.54. The fraction of sp³-hybridized carbons (Fsp3) is 0. The molecule has 1 aliphatic rings. The maximum atomic E-state index is 7.68. The first-order valence-corrected chi connectivity index (χ1v) is 4.82. The minimum atomic E-state index is -0.0165. The zero-order chi connectivity index (χ0) is 11.7. The molecule has 1 aromatic rings. The number of benzene rings is 1. The minimum Gasteiger partial charge on any atom is -0.397 e. The first-order chi connectivity index (χ1) is 7.61. The molecule has 0 heterocycles. The number of hydrogen-bond acceptors (Lipinski definition) is 4. The van der Waals surface area contributed by atoms with Crippen LogP contribution in [0.3, 0.4) is 0 Å². The molecule has 0 radical (unpaired) electrons. The molecular formula is C12H12N4. The zero-order valence-corrected chi connectivity index (χ0v) is 8.62.